The van der Waals surface area contributed by atoms with Gasteiger partial charge in [0.25, 0.3) is 5.56 Å². The summed E-state index contributed by atoms with van der Waals surface area (Å²) < 4.78 is 6.90. The van der Waals surface area contributed by atoms with Crippen LogP contribution in [0, 0.1) is 0 Å². The van der Waals surface area contributed by atoms with Crippen LogP contribution in [0.25, 0.3) is 21.3 Å². The molecule has 0 amide bonds. The first-order valence-corrected chi connectivity index (χ1v) is 10.4. The number of carbonyl (C=O) groups excluding carboxylic acids is 1. The second-order valence-corrected chi connectivity index (χ2v) is 7.85. The number of aliphatic hydroxyl groups excluding tert-OH is 1. The monoisotopic (exact) mass is 420 g/mol. The summed E-state index contributed by atoms with van der Waals surface area (Å²) in [5.41, 5.74) is 1.06. The molecule has 0 fully saturated rings. The molecule has 0 bridgehead atoms. The van der Waals surface area contributed by atoms with E-state index in [9.17, 15) is 14.7 Å². The lowest BCUT2D eigenvalue weighted by atomic mass is 10.1. The maximum atomic E-state index is 12.9. The molecule has 2 heterocycles. The zero-order valence-electron chi connectivity index (χ0n) is 16.3. The standard InChI is InChI=1S/C23H20N2O4S/c1-15(26)16-8-10-18(11-9-16)29-14-17(27)13-25-23(28)20-6-3-2-5-19(20)22(24-25)21-7-4-12-30-21/h2-12,17,27H,13-14H2,1H3. The normalized spacial score (nSPS) is 12.1. The molecule has 0 aliphatic rings. The van der Waals surface area contributed by atoms with Crippen LogP contribution >= 0.6 is 11.3 Å². The molecule has 2 aromatic heterocycles. The molecule has 0 aliphatic heterocycles. The summed E-state index contributed by atoms with van der Waals surface area (Å²) in [5, 5.41) is 18.3. The molecular formula is C23H20N2O4S. The van der Waals surface area contributed by atoms with E-state index < -0.39 is 6.10 Å². The minimum atomic E-state index is -0.931. The summed E-state index contributed by atoms with van der Waals surface area (Å²) in [4.78, 5) is 25.2. The highest BCUT2D eigenvalue weighted by molar-refractivity contribution is 7.13. The largest absolute Gasteiger partial charge is 0.491 e. The van der Waals surface area contributed by atoms with Crippen molar-refractivity contribution in [3.05, 3.63) is 82.0 Å². The number of hydrogen-bond donors (Lipinski definition) is 1. The topological polar surface area (TPSA) is 81.4 Å². The molecule has 4 rings (SSSR count). The molecule has 30 heavy (non-hydrogen) atoms. The van der Waals surface area contributed by atoms with E-state index in [4.69, 9.17) is 4.74 Å². The van der Waals surface area contributed by atoms with E-state index in [0.29, 0.717) is 22.4 Å². The lowest BCUT2D eigenvalue weighted by molar-refractivity contribution is 0.0881. The zero-order chi connectivity index (χ0) is 21.1. The molecule has 7 heteroatoms. The summed E-state index contributed by atoms with van der Waals surface area (Å²) in [6.45, 7) is 1.50. The summed E-state index contributed by atoms with van der Waals surface area (Å²) in [7, 11) is 0. The SMILES string of the molecule is CC(=O)c1ccc(OCC(O)Cn2nc(-c3cccs3)c3ccccc3c2=O)cc1. The van der Waals surface area contributed by atoms with Crippen LogP contribution in [0.4, 0.5) is 0 Å². The van der Waals surface area contributed by atoms with Crippen molar-refractivity contribution in [2.75, 3.05) is 6.61 Å². The van der Waals surface area contributed by atoms with Crippen molar-refractivity contribution in [2.45, 2.75) is 19.6 Å². The Balaban J connectivity index is 1.55. The van der Waals surface area contributed by atoms with Gasteiger partial charge in [0, 0.05) is 10.9 Å². The number of fused-ring (bicyclic) bond motifs is 1. The van der Waals surface area contributed by atoms with Gasteiger partial charge in [-0.3, -0.25) is 9.59 Å². The molecule has 6 nitrogen and oxygen atoms in total. The Morgan fingerprint density at radius 2 is 1.83 bits per heavy atom. The van der Waals surface area contributed by atoms with Crippen LogP contribution in [0.1, 0.15) is 17.3 Å². The van der Waals surface area contributed by atoms with E-state index >= 15 is 0 Å². The smallest absolute Gasteiger partial charge is 0.274 e. The van der Waals surface area contributed by atoms with Crippen molar-refractivity contribution in [3.8, 4) is 16.3 Å². The van der Waals surface area contributed by atoms with Crippen molar-refractivity contribution in [3.63, 3.8) is 0 Å². The second kappa shape index (κ2) is 8.61. The quantitative estimate of drug-likeness (QED) is 0.460. The van der Waals surface area contributed by atoms with Gasteiger partial charge in [0.1, 0.15) is 24.2 Å². The number of ether oxygens (including phenoxy) is 1. The molecule has 0 saturated heterocycles. The van der Waals surface area contributed by atoms with Crippen molar-refractivity contribution in [1.82, 2.24) is 9.78 Å². The number of Topliss-reactive ketones (excluding diaryl/α,β-unsaturated/α-hetero) is 1. The van der Waals surface area contributed by atoms with Crippen molar-refractivity contribution in [2.24, 2.45) is 0 Å². The number of carbonyl (C=O) groups is 1. The zero-order valence-corrected chi connectivity index (χ0v) is 17.1. The van der Waals surface area contributed by atoms with E-state index in [-0.39, 0.29) is 24.5 Å². The van der Waals surface area contributed by atoms with Crippen LogP contribution < -0.4 is 10.3 Å². The maximum Gasteiger partial charge on any atom is 0.274 e. The predicted molar refractivity (Wildman–Crippen MR) is 117 cm³/mol. The first-order valence-electron chi connectivity index (χ1n) is 9.48. The van der Waals surface area contributed by atoms with Crippen LogP contribution in [-0.2, 0) is 6.54 Å². The number of aromatic nitrogens is 2. The van der Waals surface area contributed by atoms with E-state index in [2.05, 4.69) is 5.10 Å². The predicted octanol–water partition coefficient (Wildman–Crippen LogP) is 3.77. The summed E-state index contributed by atoms with van der Waals surface area (Å²) in [5.74, 6) is 0.516. The average molecular weight is 420 g/mol. The van der Waals surface area contributed by atoms with Gasteiger partial charge in [-0.15, -0.1) is 11.3 Å². The highest BCUT2D eigenvalue weighted by Gasteiger charge is 2.15. The molecule has 0 saturated carbocycles. The molecule has 0 radical (unpaired) electrons. The van der Waals surface area contributed by atoms with Gasteiger partial charge >= 0.3 is 0 Å². The minimum Gasteiger partial charge on any atom is -0.491 e. The first-order chi connectivity index (χ1) is 14.5. The number of thiophene rings is 1. The summed E-state index contributed by atoms with van der Waals surface area (Å²) in [6.07, 6.45) is -0.931. The van der Waals surface area contributed by atoms with Gasteiger partial charge in [-0.25, -0.2) is 4.68 Å². The minimum absolute atomic E-state index is 0.00526. The van der Waals surface area contributed by atoms with Gasteiger partial charge in [-0.05, 0) is 48.7 Å². The Labute approximate surface area is 177 Å². The number of hydrogen-bond acceptors (Lipinski definition) is 6. The Morgan fingerprint density at radius 3 is 2.50 bits per heavy atom. The molecule has 0 spiro atoms. The number of benzene rings is 2. The third-order valence-corrected chi connectivity index (χ3v) is 5.59. The van der Waals surface area contributed by atoms with Crippen molar-refractivity contribution < 1.29 is 14.6 Å². The van der Waals surface area contributed by atoms with Crippen LogP contribution in [0.5, 0.6) is 5.75 Å². The number of rotatable bonds is 7. The Kier molecular flexibility index (Phi) is 5.74. The van der Waals surface area contributed by atoms with Gasteiger partial charge in [0.2, 0.25) is 0 Å². The molecule has 152 valence electrons. The Morgan fingerprint density at radius 1 is 1.10 bits per heavy atom. The van der Waals surface area contributed by atoms with Crippen molar-refractivity contribution >= 4 is 27.9 Å². The maximum absolute atomic E-state index is 12.9. The van der Waals surface area contributed by atoms with Gasteiger partial charge in [0.05, 0.1) is 16.8 Å². The third-order valence-electron chi connectivity index (χ3n) is 4.71. The molecule has 1 N–H and O–H groups in total. The molecule has 2 aromatic carbocycles. The molecule has 4 aromatic rings. The van der Waals surface area contributed by atoms with Crippen LogP contribution in [0.2, 0.25) is 0 Å². The molecule has 1 atom stereocenters. The average Bonchev–Trinajstić information content (AvgIpc) is 3.29. The summed E-state index contributed by atoms with van der Waals surface area (Å²) in [6, 6.07) is 17.9. The van der Waals surface area contributed by atoms with E-state index in [1.807, 2.05) is 35.7 Å². The second-order valence-electron chi connectivity index (χ2n) is 6.90. The summed E-state index contributed by atoms with van der Waals surface area (Å²) >= 11 is 1.55. The number of nitrogens with zero attached hydrogens (tertiary/aromatic N) is 2. The fourth-order valence-electron chi connectivity index (χ4n) is 3.18. The van der Waals surface area contributed by atoms with Crippen molar-refractivity contribution in [1.29, 1.82) is 0 Å². The Hall–Kier alpha value is -3.29. The van der Waals surface area contributed by atoms with Gasteiger partial charge < -0.3 is 9.84 Å². The van der Waals surface area contributed by atoms with E-state index in [0.717, 1.165) is 10.3 Å². The molecular weight excluding hydrogens is 400 g/mol. The number of ketones is 1. The van der Waals surface area contributed by atoms with Crippen LogP contribution in [-0.4, -0.2) is 33.4 Å². The first kappa shape index (κ1) is 20.0. The van der Waals surface area contributed by atoms with Gasteiger partial charge in [0.15, 0.2) is 5.78 Å². The fraction of sp³-hybridized carbons (Fsp3) is 0.174. The van der Waals surface area contributed by atoms with E-state index in [1.165, 1.54) is 11.6 Å². The van der Waals surface area contributed by atoms with Gasteiger partial charge in [-0.2, -0.15) is 5.10 Å². The lowest BCUT2D eigenvalue weighted by Gasteiger charge is -2.15. The lowest BCUT2D eigenvalue weighted by Crippen LogP contribution is -2.32. The number of aliphatic hydroxyl groups is 1. The van der Waals surface area contributed by atoms with Crippen LogP contribution in [0.3, 0.4) is 0 Å². The Bertz CT molecular complexity index is 1230. The van der Waals surface area contributed by atoms with Crippen LogP contribution in [0.15, 0.2) is 70.8 Å². The highest BCUT2D eigenvalue weighted by Crippen LogP contribution is 2.28. The fourth-order valence-corrected chi connectivity index (χ4v) is 3.91. The molecule has 1 unspecified atom stereocenters. The highest BCUT2D eigenvalue weighted by atomic mass is 32.1. The third kappa shape index (κ3) is 4.17. The van der Waals surface area contributed by atoms with Gasteiger partial charge in [-0.1, -0.05) is 24.3 Å². The van der Waals surface area contributed by atoms with E-state index in [1.54, 1.807) is 41.7 Å². The molecule has 0 aliphatic carbocycles.